The second-order valence-corrected chi connectivity index (χ2v) is 4.15. The molecule has 0 N–H and O–H groups in total. The third kappa shape index (κ3) is 4.05. The molecule has 0 aliphatic carbocycles. The SMILES string of the molecule is C/C(=C/CCCl)Cc1cc(F)ccc1C. The van der Waals surface area contributed by atoms with E-state index in [1.807, 2.05) is 13.0 Å². The highest BCUT2D eigenvalue weighted by Crippen LogP contribution is 2.15. The van der Waals surface area contributed by atoms with E-state index in [0.717, 1.165) is 24.0 Å². The van der Waals surface area contributed by atoms with Crippen LogP contribution in [-0.4, -0.2) is 5.88 Å². The van der Waals surface area contributed by atoms with Crippen LogP contribution in [0.5, 0.6) is 0 Å². The molecule has 1 rings (SSSR count). The number of aryl methyl sites for hydroxylation is 1. The minimum atomic E-state index is -0.166. The van der Waals surface area contributed by atoms with E-state index in [0.29, 0.717) is 5.88 Å². The molecule has 1 aromatic rings. The first kappa shape index (κ1) is 12.3. The summed E-state index contributed by atoms with van der Waals surface area (Å²) in [4.78, 5) is 0. The van der Waals surface area contributed by atoms with Gasteiger partial charge < -0.3 is 0 Å². The van der Waals surface area contributed by atoms with E-state index in [-0.39, 0.29) is 5.82 Å². The van der Waals surface area contributed by atoms with E-state index < -0.39 is 0 Å². The van der Waals surface area contributed by atoms with Gasteiger partial charge >= 0.3 is 0 Å². The lowest BCUT2D eigenvalue weighted by Crippen LogP contribution is -1.92. The lowest BCUT2D eigenvalue weighted by molar-refractivity contribution is 0.625. The van der Waals surface area contributed by atoms with Crippen LogP contribution in [0.15, 0.2) is 29.8 Å². The van der Waals surface area contributed by atoms with Crippen molar-refractivity contribution in [3.05, 3.63) is 46.8 Å². The van der Waals surface area contributed by atoms with Crippen LogP contribution in [0, 0.1) is 12.7 Å². The molecule has 0 nitrogen and oxygen atoms in total. The summed E-state index contributed by atoms with van der Waals surface area (Å²) in [5.41, 5.74) is 3.43. The Hall–Kier alpha value is -0.820. The molecule has 0 unspecified atom stereocenters. The summed E-state index contributed by atoms with van der Waals surface area (Å²) in [7, 11) is 0. The zero-order valence-corrected chi connectivity index (χ0v) is 9.94. The average Bonchev–Trinajstić information content (AvgIpc) is 2.20. The van der Waals surface area contributed by atoms with Crippen LogP contribution in [0.3, 0.4) is 0 Å². The molecular weight excluding hydrogens is 211 g/mol. The summed E-state index contributed by atoms with van der Waals surface area (Å²) in [6.45, 7) is 4.06. The van der Waals surface area contributed by atoms with Gasteiger partial charge in [0.2, 0.25) is 0 Å². The Bertz CT molecular complexity index is 356. The molecule has 1 aromatic carbocycles. The first-order chi connectivity index (χ1) is 7.13. The number of halogens is 2. The molecule has 0 atom stereocenters. The molecule has 0 bridgehead atoms. The highest BCUT2D eigenvalue weighted by atomic mass is 35.5. The van der Waals surface area contributed by atoms with Crippen LogP contribution < -0.4 is 0 Å². The predicted octanol–water partition coefficient (Wildman–Crippen LogP) is 4.25. The maximum atomic E-state index is 13.0. The molecule has 0 aromatic heterocycles. The van der Waals surface area contributed by atoms with Gasteiger partial charge in [-0.05, 0) is 49.9 Å². The van der Waals surface area contributed by atoms with Crippen LogP contribution in [0.4, 0.5) is 4.39 Å². The standard InChI is InChI=1S/C13H16ClF/c1-10(4-3-7-14)8-12-9-13(15)6-5-11(12)2/h4-6,9H,3,7-8H2,1-2H3/b10-4-. The summed E-state index contributed by atoms with van der Waals surface area (Å²) in [5.74, 6) is 0.472. The van der Waals surface area contributed by atoms with Crippen LogP contribution >= 0.6 is 11.6 Å². The monoisotopic (exact) mass is 226 g/mol. The number of rotatable bonds is 4. The molecule has 0 aliphatic heterocycles. The zero-order valence-electron chi connectivity index (χ0n) is 9.19. The number of hydrogen-bond donors (Lipinski definition) is 0. The molecule has 0 aliphatic rings. The van der Waals surface area contributed by atoms with E-state index in [1.54, 1.807) is 6.07 Å². The van der Waals surface area contributed by atoms with Gasteiger partial charge in [-0.1, -0.05) is 17.7 Å². The second-order valence-electron chi connectivity index (χ2n) is 3.78. The molecule has 0 saturated carbocycles. The molecule has 0 saturated heterocycles. The molecule has 0 fully saturated rings. The highest BCUT2D eigenvalue weighted by Gasteiger charge is 2.01. The minimum absolute atomic E-state index is 0.166. The highest BCUT2D eigenvalue weighted by molar-refractivity contribution is 6.17. The predicted molar refractivity (Wildman–Crippen MR) is 63.9 cm³/mol. The lowest BCUT2D eigenvalue weighted by Gasteiger charge is -2.06. The summed E-state index contributed by atoms with van der Waals surface area (Å²) >= 11 is 5.60. The van der Waals surface area contributed by atoms with Crippen LogP contribution in [-0.2, 0) is 6.42 Å². The Kier molecular flexibility index (Phi) is 4.83. The Morgan fingerprint density at radius 2 is 2.20 bits per heavy atom. The smallest absolute Gasteiger partial charge is 0.123 e. The minimum Gasteiger partial charge on any atom is -0.207 e. The van der Waals surface area contributed by atoms with Gasteiger partial charge in [-0.3, -0.25) is 0 Å². The van der Waals surface area contributed by atoms with Crippen molar-refractivity contribution in [3.63, 3.8) is 0 Å². The van der Waals surface area contributed by atoms with E-state index in [9.17, 15) is 4.39 Å². The third-order valence-corrected chi connectivity index (χ3v) is 2.60. The Labute approximate surface area is 95.8 Å². The molecule has 2 heteroatoms. The first-order valence-corrected chi connectivity index (χ1v) is 5.63. The molecule has 0 radical (unpaired) electrons. The van der Waals surface area contributed by atoms with Gasteiger partial charge in [0.1, 0.15) is 5.82 Å². The van der Waals surface area contributed by atoms with Gasteiger partial charge in [-0.15, -0.1) is 11.6 Å². The Balaban J connectivity index is 2.75. The van der Waals surface area contributed by atoms with Gasteiger partial charge in [-0.2, -0.15) is 0 Å². The summed E-state index contributed by atoms with van der Waals surface area (Å²) in [5, 5.41) is 0. The molecule has 82 valence electrons. The summed E-state index contributed by atoms with van der Waals surface area (Å²) in [6, 6.07) is 4.92. The zero-order chi connectivity index (χ0) is 11.3. The van der Waals surface area contributed by atoms with Crippen LogP contribution in [0.2, 0.25) is 0 Å². The van der Waals surface area contributed by atoms with Crippen LogP contribution in [0.1, 0.15) is 24.5 Å². The van der Waals surface area contributed by atoms with Crippen molar-refractivity contribution < 1.29 is 4.39 Å². The van der Waals surface area contributed by atoms with Crippen molar-refractivity contribution in [3.8, 4) is 0 Å². The van der Waals surface area contributed by atoms with Crippen LogP contribution in [0.25, 0.3) is 0 Å². The average molecular weight is 227 g/mol. The first-order valence-electron chi connectivity index (χ1n) is 5.10. The third-order valence-electron chi connectivity index (χ3n) is 2.38. The Morgan fingerprint density at radius 3 is 2.87 bits per heavy atom. The van der Waals surface area contributed by atoms with Crippen molar-refractivity contribution in [2.24, 2.45) is 0 Å². The van der Waals surface area contributed by atoms with Gasteiger partial charge in [0.05, 0.1) is 0 Å². The fourth-order valence-electron chi connectivity index (χ4n) is 1.50. The Morgan fingerprint density at radius 1 is 1.47 bits per heavy atom. The number of allylic oxidation sites excluding steroid dienone is 2. The van der Waals surface area contributed by atoms with Gasteiger partial charge in [0.25, 0.3) is 0 Å². The van der Waals surface area contributed by atoms with Crippen molar-refractivity contribution >= 4 is 11.6 Å². The molecule has 0 spiro atoms. The molecule has 15 heavy (non-hydrogen) atoms. The fraction of sp³-hybridized carbons (Fsp3) is 0.385. The van der Waals surface area contributed by atoms with E-state index >= 15 is 0 Å². The van der Waals surface area contributed by atoms with Gasteiger partial charge in [0.15, 0.2) is 0 Å². The van der Waals surface area contributed by atoms with Crippen molar-refractivity contribution in [1.82, 2.24) is 0 Å². The van der Waals surface area contributed by atoms with Gasteiger partial charge in [0, 0.05) is 5.88 Å². The van der Waals surface area contributed by atoms with E-state index in [2.05, 4.69) is 13.0 Å². The largest absolute Gasteiger partial charge is 0.207 e. The van der Waals surface area contributed by atoms with Crippen molar-refractivity contribution in [1.29, 1.82) is 0 Å². The fourth-order valence-corrected chi connectivity index (χ4v) is 1.61. The molecular formula is C13H16ClF. The summed E-state index contributed by atoms with van der Waals surface area (Å²) < 4.78 is 13.0. The van der Waals surface area contributed by atoms with Gasteiger partial charge in [-0.25, -0.2) is 4.39 Å². The number of alkyl halides is 1. The van der Waals surface area contributed by atoms with Crippen molar-refractivity contribution in [2.75, 3.05) is 5.88 Å². The quantitative estimate of drug-likeness (QED) is 0.532. The van der Waals surface area contributed by atoms with E-state index in [4.69, 9.17) is 11.6 Å². The lowest BCUT2D eigenvalue weighted by atomic mass is 10.0. The maximum Gasteiger partial charge on any atom is 0.123 e. The second kappa shape index (κ2) is 5.92. The van der Waals surface area contributed by atoms with Crippen molar-refractivity contribution in [2.45, 2.75) is 26.7 Å². The normalized spacial score (nSPS) is 11.9. The maximum absolute atomic E-state index is 13.0. The molecule has 0 heterocycles. The molecule has 0 amide bonds. The number of benzene rings is 1. The topological polar surface area (TPSA) is 0 Å². The number of hydrogen-bond acceptors (Lipinski definition) is 0. The van der Waals surface area contributed by atoms with E-state index in [1.165, 1.54) is 11.6 Å². The summed E-state index contributed by atoms with van der Waals surface area (Å²) in [6.07, 6.45) is 3.79.